The summed E-state index contributed by atoms with van der Waals surface area (Å²) in [6, 6.07) is 72.7. The van der Waals surface area contributed by atoms with Gasteiger partial charge in [0.15, 0.2) is 0 Å². The highest BCUT2D eigenvalue weighted by Crippen LogP contribution is 2.55. The standard InChI is InChI=1S/C50H33N3.6H2/c1-4-16-37(17-5-1)50(38-18-6-2-7-19-38)42-23-11-14-26-46(42)53-45-25-13-10-22-40(45)41-32-36(33-43(50)48(41)53)34-28-30-35(31-29-34)49-51-44-24-12-15-27-47(44)52(49)39-20-8-3-9-21-39;;;;;;/h1-33H;6*1H. The average Bonchev–Trinajstić information content (AvgIpc) is 3.79. The summed E-state index contributed by atoms with van der Waals surface area (Å²) < 4.78 is 4.77. The van der Waals surface area contributed by atoms with Gasteiger partial charge in [0, 0.05) is 30.6 Å². The molecule has 0 aliphatic carbocycles. The molecule has 10 aromatic rings. The Morgan fingerprint density at radius 1 is 0.415 bits per heavy atom. The van der Waals surface area contributed by atoms with Crippen LogP contribution in [0.2, 0.25) is 0 Å². The van der Waals surface area contributed by atoms with Crippen LogP contribution in [0, 0.1) is 0 Å². The predicted molar refractivity (Wildman–Crippen MR) is 231 cm³/mol. The highest BCUT2D eigenvalue weighted by atomic mass is 15.1. The Morgan fingerprint density at radius 3 is 1.74 bits per heavy atom. The summed E-state index contributed by atoms with van der Waals surface area (Å²) in [5.74, 6) is 0.932. The van der Waals surface area contributed by atoms with Gasteiger partial charge >= 0.3 is 0 Å². The molecule has 3 heterocycles. The number of nitrogens with zero attached hydrogens (tertiary/aromatic N) is 3. The van der Waals surface area contributed by atoms with E-state index in [2.05, 4.69) is 209 Å². The Bertz CT molecular complexity index is 2960. The van der Waals surface area contributed by atoms with Gasteiger partial charge in [0.1, 0.15) is 5.82 Å². The molecule has 0 bridgehead atoms. The second-order valence-corrected chi connectivity index (χ2v) is 13.9. The summed E-state index contributed by atoms with van der Waals surface area (Å²) in [4.78, 5) is 5.14. The molecule has 0 radical (unpaired) electrons. The van der Waals surface area contributed by atoms with Crippen LogP contribution >= 0.6 is 0 Å². The first-order chi connectivity index (χ1) is 26.3. The summed E-state index contributed by atoms with van der Waals surface area (Å²) in [7, 11) is 0. The van der Waals surface area contributed by atoms with Crippen LogP contribution in [0.5, 0.6) is 0 Å². The van der Waals surface area contributed by atoms with Crippen LogP contribution in [0.4, 0.5) is 0 Å². The van der Waals surface area contributed by atoms with Gasteiger partial charge in [-0.1, -0.05) is 152 Å². The van der Waals surface area contributed by atoms with Crippen molar-refractivity contribution in [2.75, 3.05) is 0 Å². The summed E-state index contributed by atoms with van der Waals surface area (Å²) in [6.45, 7) is 0. The molecule has 3 nitrogen and oxygen atoms in total. The highest BCUT2D eigenvalue weighted by Gasteiger charge is 2.45. The molecule has 0 unspecified atom stereocenters. The molecule has 3 heteroatoms. The summed E-state index contributed by atoms with van der Waals surface area (Å²) in [5.41, 5.74) is 14.8. The number of fused-ring (bicyclic) bond motifs is 6. The van der Waals surface area contributed by atoms with E-state index in [4.69, 9.17) is 4.98 Å². The molecule has 1 aliphatic heterocycles. The zero-order chi connectivity index (χ0) is 34.9. The maximum atomic E-state index is 5.14. The largest absolute Gasteiger partial charge is 0.309 e. The van der Waals surface area contributed by atoms with E-state index in [1.54, 1.807) is 0 Å². The number of aromatic nitrogens is 3. The van der Waals surface area contributed by atoms with Crippen molar-refractivity contribution in [3.63, 3.8) is 0 Å². The molecule has 1 aliphatic rings. The number of para-hydroxylation sites is 5. The molecule has 0 saturated carbocycles. The van der Waals surface area contributed by atoms with E-state index >= 15 is 0 Å². The fraction of sp³-hybridized carbons (Fsp3) is 0.0200. The van der Waals surface area contributed by atoms with Crippen LogP contribution in [0.15, 0.2) is 200 Å². The molecule has 2 aromatic heterocycles. The summed E-state index contributed by atoms with van der Waals surface area (Å²) >= 11 is 0. The molecule has 8 aromatic carbocycles. The SMILES string of the molecule is [HH].[HH].[HH].[HH].[HH].[HH].c1ccc(-n2c(-c3ccc(-c4cc5c6c(c4)c4ccccc4n6-c4ccccc4C5(c4ccccc4)c4ccccc4)cc3)nc3ccccc32)cc1. The number of rotatable bonds is 5. The zero-order valence-corrected chi connectivity index (χ0v) is 28.9. The second kappa shape index (κ2) is 11.5. The van der Waals surface area contributed by atoms with Crippen molar-refractivity contribution in [3.8, 4) is 33.9 Å². The van der Waals surface area contributed by atoms with Crippen LogP contribution in [0.25, 0.3) is 66.7 Å². The van der Waals surface area contributed by atoms with Crippen LogP contribution in [-0.2, 0) is 5.41 Å². The van der Waals surface area contributed by atoms with Gasteiger partial charge in [0.05, 0.1) is 33.2 Å². The highest BCUT2D eigenvalue weighted by molar-refractivity contribution is 6.13. The van der Waals surface area contributed by atoms with Crippen molar-refractivity contribution < 1.29 is 8.56 Å². The van der Waals surface area contributed by atoms with Gasteiger partial charge in [-0.2, -0.15) is 0 Å². The van der Waals surface area contributed by atoms with Gasteiger partial charge < -0.3 is 4.57 Å². The normalized spacial score (nSPS) is 13.1. The van der Waals surface area contributed by atoms with Crippen LogP contribution in [0.1, 0.15) is 30.8 Å². The maximum Gasteiger partial charge on any atom is 0.145 e. The van der Waals surface area contributed by atoms with E-state index in [1.165, 1.54) is 60.9 Å². The first-order valence-corrected chi connectivity index (χ1v) is 18.2. The zero-order valence-electron chi connectivity index (χ0n) is 28.9. The van der Waals surface area contributed by atoms with Crippen molar-refractivity contribution >= 4 is 32.8 Å². The van der Waals surface area contributed by atoms with E-state index < -0.39 is 5.41 Å². The fourth-order valence-corrected chi connectivity index (χ4v) is 8.97. The fourth-order valence-electron chi connectivity index (χ4n) is 8.97. The van der Waals surface area contributed by atoms with Crippen LogP contribution < -0.4 is 0 Å². The molecule has 260 valence electrons. The molecule has 0 spiro atoms. The van der Waals surface area contributed by atoms with Crippen molar-refractivity contribution in [1.29, 1.82) is 0 Å². The Labute approximate surface area is 316 Å². The Balaban J connectivity index is 0.00000110. The first-order valence-electron chi connectivity index (χ1n) is 18.2. The van der Waals surface area contributed by atoms with Gasteiger partial charge in [-0.05, 0) is 81.9 Å². The van der Waals surface area contributed by atoms with Gasteiger partial charge in [-0.15, -0.1) is 0 Å². The average molecular weight is 688 g/mol. The van der Waals surface area contributed by atoms with Crippen molar-refractivity contribution in [1.82, 2.24) is 14.1 Å². The quantitative estimate of drug-likeness (QED) is 0.177. The monoisotopic (exact) mass is 687 g/mol. The molecule has 0 N–H and O–H groups in total. The van der Waals surface area contributed by atoms with E-state index in [-0.39, 0.29) is 8.56 Å². The molecular formula is C50H45N3. The lowest BCUT2D eigenvalue weighted by Gasteiger charge is -2.42. The number of benzene rings is 8. The lowest BCUT2D eigenvalue weighted by atomic mass is 9.63. The number of imidazole rings is 1. The minimum Gasteiger partial charge on any atom is -0.309 e. The third-order valence-corrected chi connectivity index (χ3v) is 11.2. The minimum absolute atomic E-state index is 0. The topological polar surface area (TPSA) is 22.8 Å². The van der Waals surface area contributed by atoms with Gasteiger partial charge in [-0.3, -0.25) is 4.57 Å². The number of hydrogen-bond donors (Lipinski definition) is 0. The minimum atomic E-state index is -0.543. The molecule has 0 saturated heterocycles. The van der Waals surface area contributed by atoms with E-state index in [9.17, 15) is 0 Å². The predicted octanol–water partition coefficient (Wildman–Crippen LogP) is 13.6. The molecule has 0 fully saturated rings. The molecule has 0 amide bonds. The van der Waals surface area contributed by atoms with Gasteiger partial charge in [0.2, 0.25) is 0 Å². The number of hydrogen-bond acceptors (Lipinski definition) is 1. The lowest BCUT2D eigenvalue weighted by molar-refractivity contribution is 0.728. The van der Waals surface area contributed by atoms with Gasteiger partial charge in [0.25, 0.3) is 0 Å². The Hall–Kier alpha value is -6.97. The first kappa shape index (κ1) is 29.7. The maximum absolute atomic E-state index is 5.14. The van der Waals surface area contributed by atoms with Crippen molar-refractivity contribution in [2.24, 2.45) is 0 Å². The summed E-state index contributed by atoms with van der Waals surface area (Å²) in [6.07, 6.45) is 0. The van der Waals surface area contributed by atoms with E-state index in [0.717, 1.165) is 28.1 Å². The van der Waals surface area contributed by atoms with Crippen molar-refractivity contribution in [2.45, 2.75) is 5.41 Å². The summed E-state index contributed by atoms with van der Waals surface area (Å²) in [5, 5.41) is 2.51. The smallest absolute Gasteiger partial charge is 0.145 e. The molecular weight excluding hydrogens is 643 g/mol. The third-order valence-electron chi connectivity index (χ3n) is 11.2. The Morgan fingerprint density at radius 2 is 1.00 bits per heavy atom. The molecule has 0 atom stereocenters. The molecule has 11 rings (SSSR count). The van der Waals surface area contributed by atoms with Crippen LogP contribution in [-0.4, -0.2) is 14.1 Å². The van der Waals surface area contributed by atoms with Gasteiger partial charge in [-0.25, -0.2) is 4.98 Å². The Kier molecular flexibility index (Phi) is 6.47. The lowest BCUT2D eigenvalue weighted by Crippen LogP contribution is -2.35. The third kappa shape index (κ3) is 4.25. The van der Waals surface area contributed by atoms with E-state index in [1.807, 2.05) is 0 Å². The van der Waals surface area contributed by atoms with Crippen molar-refractivity contribution in [3.05, 3.63) is 222 Å². The van der Waals surface area contributed by atoms with E-state index in [0.29, 0.717) is 0 Å². The second-order valence-electron chi connectivity index (χ2n) is 13.9. The van der Waals surface area contributed by atoms with Crippen LogP contribution in [0.3, 0.4) is 0 Å². The molecule has 53 heavy (non-hydrogen) atoms.